The molecule has 1 saturated carbocycles. The number of aromatic nitrogens is 1. The number of likely N-dealkylation sites (N-methyl/N-ethyl adjacent to an activating group) is 1. The molecule has 64 heavy (non-hydrogen) atoms. The molecule has 342 valence electrons. The number of benzene rings is 3. The molecule has 1 aliphatic heterocycles. The molecule has 0 spiro atoms. The van der Waals surface area contributed by atoms with Crippen LogP contribution < -0.4 is 24.3 Å². The molecule has 0 unspecified atom stereocenters. The normalized spacial score (nSPS) is 23.1. The van der Waals surface area contributed by atoms with Gasteiger partial charge in [-0.3, -0.25) is 10.3 Å². The predicted octanol–water partition coefficient (Wildman–Crippen LogP) is 7.84. The summed E-state index contributed by atoms with van der Waals surface area (Å²) in [6.45, 7) is 6.17. The fourth-order valence-corrected chi connectivity index (χ4v) is 11.2. The lowest BCUT2D eigenvalue weighted by molar-refractivity contribution is -0.250. The van der Waals surface area contributed by atoms with E-state index in [1.54, 1.807) is 66.9 Å². The second kappa shape index (κ2) is 20.5. The van der Waals surface area contributed by atoms with E-state index in [4.69, 9.17) is 28.5 Å². The average Bonchev–Trinajstić information content (AvgIpc) is 3.31. The number of amides is 1. The standard InChI is InChI=1S/C48H58N4O11S/c1-6-26-60-48-43(52(3)64(56,57)42-18-12-15-31-16-13-23-49-46(31)42)30-39(51-61-7-2)36-27-32(14-8-10-24-53)35(17-9-11-25-54)44(45(36)48)37-28-34(20-22-40(37)63-48)62-47(55)50-38-21-19-33(58-4)29-41(38)59-5/h6,12-13,15-16,18-23,27-29,32,35,43-45,53-54H,1,7-11,14,17,24-26,30H2,2-5H3,(H,50,55)/t32-,35+,43-,44+,45+,48+/m0/s1. The van der Waals surface area contributed by atoms with Crippen LogP contribution in [0.25, 0.3) is 10.9 Å². The summed E-state index contributed by atoms with van der Waals surface area (Å²) in [5.74, 6) is -1.24. The first-order valence-electron chi connectivity index (χ1n) is 21.8. The van der Waals surface area contributed by atoms with E-state index < -0.39 is 39.8 Å². The molecule has 1 amide bonds. The maximum absolute atomic E-state index is 15.1. The highest BCUT2D eigenvalue weighted by Gasteiger charge is 2.65. The minimum atomic E-state index is -4.30. The van der Waals surface area contributed by atoms with E-state index in [-0.39, 0.29) is 55.3 Å². The van der Waals surface area contributed by atoms with E-state index in [0.29, 0.717) is 65.2 Å². The molecular formula is C48H58N4O11S. The number of aliphatic hydroxyl groups is 2. The SMILES string of the molecule is C=CCO[C@@]12Oc3ccc(OC(=O)Nc4ccc(OC)cc4OC)cc3[C@H]3[C@H](CCCCO)[C@@H](CCCCO)C=C(C(=NOCC)C[C@@H]1N(C)S(=O)(=O)c1cccc4cccnc14)[C@H]32. The number of pyridine rings is 1. The van der Waals surface area contributed by atoms with Gasteiger partial charge in [-0.15, -0.1) is 6.58 Å². The quantitative estimate of drug-likeness (QED) is 0.0444. The first kappa shape index (κ1) is 46.5. The van der Waals surface area contributed by atoms with Gasteiger partial charge in [0, 0.05) is 55.8 Å². The zero-order valence-electron chi connectivity index (χ0n) is 36.8. The molecule has 16 heteroatoms. The van der Waals surface area contributed by atoms with Crippen molar-refractivity contribution in [1.82, 2.24) is 9.29 Å². The molecule has 2 heterocycles. The number of unbranched alkanes of at least 4 members (excludes halogenated alkanes) is 2. The van der Waals surface area contributed by atoms with Crippen LogP contribution in [0.4, 0.5) is 10.5 Å². The number of hydrogen-bond acceptors (Lipinski definition) is 13. The number of carbonyl (C=O) groups excluding carboxylic acids is 1. The maximum atomic E-state index is 15.1. The summed E-state index contributed by atoms with van der Waals surface area (Å²) in [5.41, 5.74) is 2.82. The summed E-state index contributed by atoms with van der Waals surface area (Å²) < 4.78 is 62.4. The van der Waals surface area contributed by atoms with Crippen LogP contribution in [-0.2, 0) is 19.6 Å². The largest absolute Gasteiger partial charge is 0.497 e. The Balaban J connectivity index is 1.40. The molecule has 3 aliphatic rings. The van der Waals surface area contributed by atoms with Crippen molar-refractivity contribution in [2.24, 2.45) is 22.9 Å². The topological polar surface area (TPSA) is 188 Å². The Labute approximate surface area is 374 Å². The first-order valence-corrected chi connectivity index (χ1v) is 23.2. The van der Waals surface area contributed by atoms with E-state index in [1.165, 1.54) is 25.6 Å². The lowest BCUT2D eigenvalue weighted by Crippen LogP contribution is -2.69. The lowest BCUT2D eigenvalue weighted by Gasteiger charge is -2.59. The Kier molecular flexibility index (Phi) is 14.9. The molecule has 0 bridgehead atoms. The minimum Gasteiger partial charge on any atom is -0.497 e. The molecular weight excluding hydrogens is 841 g/mol. The van der Waals surface area contributed by atoms with Crippen molar-refractivity contribution in [3.8, 4) is 23.0 Å². The van der Waals surface area contributed by atoms with Gasteiger partial charge in [0.1, 0.15) is 34.5 Å². The van der Waals surface area contributed by atoms with E-state index >= 15 is 8.42 Å². The van der Waals surface area contributed by atoms with Crippen LogP contribution in [0.5, 0.6) is 23.0 Å². The number of oxime groups is 1. The number of anilines is 1. The molecule has 6 atom stereocenters. The lowest BCUT2D eigenvalue weighted by atomic mass is 9.55. The van der Waals surface area contributed by atoms with Crippen molar-refractivity contribution in [2.75, 3.05) is 53.0 Å². The molecule has 0 radical (unpaired) electrons. The zero-order chi connectivity index (χ0) is 45.4. The van der Waals surface area contributed by atoms with Crippen molar-refractivity contribution in [3.05, 3.63) is 103 Å². The van der Waals surface area contributed by atoms with Crippen LogP contribution >= 0.6 is 0 Å². The molecule has 4 aromatic rings. The Bertz CT molecular complexity index is 2470. The Morgan fingerprint density at radius 1 is 1.02 bits per heavy atom. The number of para-hydroxylation sites is 1. The monoisotopic (exact) mass is 898 g/mol. The number of nitrogens with one attached hydrogen (secondary N) is 1. The molecule has 15 nitrogen and oxygen atoms in total. The summed E-state index contributed by atoms with van der Waals surface area (Å²) in [4.78, 5) is 23.9. The third-order valence-corrected chi connectivity index (χ3v) is 14.4. The van der Waals surface area contributed by atoms with Crippen molar-refractivity contribution in [2.45, 2.75) is 74.5 Å². The average molecular weight is 899 g/mol. The number of ether oxygens (including phenoxy) is 5. The summed E-state index contributed by atoms with van der Waals surface area (Å²) >= 11 is 0. The van der Waals surface area contributed by atoms with E-state index in [1.807, 2.05) is 19.1 Å². The zero-order valence-corrected chi connectivity index (χ0v) is 37.6. The molecule has 2 aliphatic carbocycles. The van der Waals surface area contributed by atoms with Crippen LogP contribution in [-0.4, -0.2) is 99.2 Å². The Hall–Kier alpha value is -5.52. The fourth-order valence-electron chi connectivity index (χ4n) is 9.66. The highest BCUT2D eigenvalue weighted by Crippen LogP contribution is 2.62. The van der Waals surface area contributed by atoms with Crippen LogP contribution in [0.1, 0.15) is 63.4 Å². The number of nitrogens with zero attached hydrogens (tertiary/aromatic N) is 3. The van der Waals surface area contributed by atoms with Crippen molar-refractivity contribution >= 4 is 38.4 Å². The predicted molar refractivity (Wildman–Crippen MR) is 242 cm³/mol. The second-order valence-corrected chi connectivity index (χ2v) is 18.1. The number of allylic oxidation sites excluding steroid dienone is 1. The fraction of sp³-hybridized carbons (Fsp3) is 0.438. The van der Waals surface area contributed by atoms with Gasteiger partial charge in [-0.2, -0.15) is 4.31 Å². The number of carbonyl (C=O) groups is 1. The van der Waals surface area contributed by atoms with Gasteiger partial charge in [-0.05, 0) is 92.5 Å². The van der Waals surface area contributed by atoms with Gasteiger partial charge in [0.05, 0.1) is 49.7 Å². The van der Waals surface area contributed by atoms with E-state index in [9.17, 15) is 15.0 Å². The van der Waals surface area contributed by atoms with Crippen LogP contribution in [0.3, 0.4) is 0 Å². The molecule has 1 fully saturated rings. The third-order valence-electron chi connectivity index (χ3n) is 12.5. The van der Waals surface area contributed by atoms with E-state index in [0.717, 1.165) is 24.0 Å². The maximum Gasteiger partial charge on any atom is 0.417 e. The van der Waals surface area contributed by atoms with Crippen LogP contribution in [0, 0.1) is 17.8 Å². The Morgan fingerprint density at radius 3 is 2.52 bits per heavy atom. The number of fused-ring (bicyclic) bond motifs is 3. The summed E-state index contributed by atoms with van der Waals surface area (Å²) in [5, 5.41) is 27.9. The number of hydrogen-bond donors (Lipinski definition) is 3. The molecule has 1 aromatic heterocycles. The van der Waals surface area contributed by atoms with Gasteiger partial charge in [-0.1, -0.05) is 48.3 Å². The number of aliphatic hydroxyl groups excluding tert-OH is 2. The van der Waals surface area contributed by atoms with Crippen LogP contribution in [0.15, 0.2) is 107 Å². The summed E-state index contributed by atoms with van der Waals surface area (Å²) in [6, 6.07) is 17.8. The van der Waals surface area contributed by atoms with E-state index in [2.05, 4.69) is 28.1 Å². The van der Waals surface area contributed by atoms with Gasteiger partial charge in [0.2, 0.25) is 15.8 Å². The molecule has 0 saturated heterocycles. The smallest absolute Gasteiger partial charge is 0.417 e. The molecule has 7 rings (SSSR count). The van der Waals surface area contributed by atoms with Crippen LogP contribution in [0.2, 0.25) is 0 Å². The summed E-state index contributed by atoms with van der Waals surface area (Å²) in [6.07, 6.45) is 8.79. The Morgan fingerprint density at radius 2 is 1.78 bits per heavy atom. The van der Waals surface area contributed by atoms with Crippen molar-refractivity contribution < 1.29 is 51.9 Å². The second-order valence-electron chi connectivity index (χ2n) is 16.1. The third kappa shape index (κ3) is 9.20. The number of sulfonamides is 1. The minimum absolute atomic E-state index is 0.0220. The molecule has 3 aromatic carbocycles. The summed E-state index contributed by atoms with van der Waals surface area (Å²) in [7, 11) is 0.264. The van der Waals surface area contributed by atoms with Gasteiger partial charge >= 0.3 is 6.09 Å². The van der Waals surface area contributed by atoms with Gasteiger partial charge < -0.3 is 38.7 Å². The van der Waals surface area contributed by atoms with Gasteiger partial charge in [-0.25, -0.2) is 13.2 Å². The highest BCUT2D eigenvalue weighted by atomic mass is 32.2. The number of methoxy groups -OCH3 is 2. The van der Waals surface area contributed by atoms with Gasteiger partial charge in [0.25, 0.3) is 0 Å². The van der Waals surface area contributed by atoms with Crippen molar-refractivity contribution in [1.29, 1.82) is 0 Å². The molecule has 3 N–H and O–H groups in total. The van der Waals surface area contributed by atoms with Crippen molar-refractivity contribution in [3.63, 3.8) is 0 Å². The first-order chi connectivity index (χ1) is 31.0. The van der Waals surface area contributed by atoms with Gasteiger partial charge in [0.15, 0.2) is 0 Å². The number of rotatable bonds is 20. The highest BCUT2D eigenvalue weighted by molar-refractivity contribution is 7.89.